The van der Waals surface area contributed by atoms with Gasteiger partial charge in [-0.05, 0) is 44.2 Å². The van der Waals surface area contributed by atoms with Gasteiger partial charge in [0.2, 0.25) is 0 Å². The van der Waals surface area contributed by atoms with Crippen LogP contribution >= 0.6 is 0 Å². The summed E-state index contributed by atoms with van der Waals surface area (Å²) in [4.78, 5) is 4.36. The summed E-state index contributed by atoms with van der Waals surface area (Å²) in [6.45, 7) is 11.5. The lowest BCUT2D eigenvalue weighted by Crippen LogP contribution is -2.38. The summed E-state index contributed by atoms with van der Waals surface area (Å²) in [7, 11) is 3.78. The third-order valence-corrected chi connectivity index (χ3v) is 4.79. The maximum atomic E-state index is 4.47. The second kappa shape index (κ2) is 8.88. The van der Waals surface area contributed by atoms with E-state index in [1.54, 1.807) is 7.05 Å². The van der Waals surface area contributed by atoms with Crippen LogP contribution in [-0.2, 0) is 20.0 Å². The van der Waals surface area contributed by atoms with E-state index in [4.69, 9.17) is 0 Å². The summed E-state index contributed by atoms with van der Waals surface area (Å²) in [6.07, 6.45) is 1.12. The number of nitrogens with one attached hydrogen (secondary N) is 2. The van der Waals surface area contributed by atoms with Gasteiger partial charge in [0.25, 0.3) is 0 Å². The molecule has 5 nitrogen and oxygen atoms in total. The van der Waals surface area contributed by atoms with E-state index in [9.17, 15) is 0 Å². The zero-order chi connectivity index (χ0) is 19.3. The Bertz CT molecular complexity index is 741. The van der Waals surface area contributed by atoms with Crippen LogP contribution in [0.1, 0.15) is 54.9 Å². The van der Waals surface area contributed by atoms with E-state index in [2.05, 4.69) is 72.7 Å². The molecule has 2 aromatic rings. The van der Waals surface area contributed by atoms with Crippen LogP contribution in [-0.4, -0.2) is 22.8 Å². The van der Waals surface area contributed by atoms with Crippen molar-refractivity contribution in [2.45, 2.75) is 53.6 Å². The van der Waals surface area contributed by atoms with E-state index in [0.29, 0.717) is 12.5 Å². The van der Waals surface area contributed by atoms with Crippen LogP contribution in [0, 0.1) is 19.8 Å². The Kier molecular flexibility index (Phi) is 6.83. The molecule has 1 atom stereocenters. The normalized spacial score (nSPS) is 13.2. The number of hydrogen-bond acceptors (Lipinski definition) is 2. The number of aromatic nitrogens is 2. The fraction of sp³-hybridized carbons (Fsp3) is 0.524. The van der Waals surface area contributed by atoms with E-state index in [-0.39, 0.29) is 6.04 Å². The van der Waals surface area contributed by atoms with E-state index in [1.807, 2.05) is 18.7 Å². The number of aliphatic imine (C=N–C) groups is 1. The number of rotatable bonds is 6. The third-order valence-electron chi connectivity index (χ3n) is 4.79. The van der Waals surface area contributed by atoms with Gasteiger partial charge in [0.15, 0.2) is 5.96 Å². The summed E-state index contributed by atoms with van der Waals surface area (Å²) in [5.74, 6) is 1.48. The van der Waals surface area contributed by atoms with Gasteiger partial charge >= 0.3 is 0 Å². The average Bonchev–Trinajstić information content (AvgIpc) is 2.84. The van der Waals surface area contributed by atoms with Crippen molar-refractivity contribution in [3.05, 3.63) is 52.3 Å². The molecule has 0 fully saturated rings. The number of guanidine groups is 1. The molecule has 5 heteroatoms. The van der Waals surface area contributed by atoms with Gasteiger partial charge in [-0.3, -0.25) is 9.67 Å². The predicted molar refractivity (Wildman–Crippen MR) is 109 cm³/mol. The Hall–Kier alpha value is -2.30. The molecule has 0 aliphatic rings. The Balaban J connectivity index is 1.96. The lowest BCUT2D eigenvalue weighted by atomic mass is 10.00. The highest BCUT2D eigenvalue weighted by Crippen LogP contribution is 2.16. The third kappa shape index (κ3) is 5.10. The molecule has 1 aromatic heterocycles. The molecule has 0 aliphatic carbocycles. The molecule has 0 saturated heterocycles. The summed E-state index contributed by atoms with van der Waals surface area (Å²) < 4.78 is 1.92. The fourth-order valence-corrected chi connectivity index (χ4v) is 3.14. The average molecular weight is 356 g/mol. The highest BCUT2D eigenvalue weighted by Gasteiger charge is 2.12. The molecule has 0 bridgehead atoms. The first kappa shape index (κ1) is 20.0. The standard InChI is InChI=1S/C21H33N5/c1-14(2)12-18-8-10-19(11-9-18)15(3)24-21(22-6)23-13-20-16(4)25-26(7)17(20)5/h8-11,14-15H,12-13H2,1-7H3,(H2,22,23,24). The molecule has 0 aliphatic heterocycles. The van der Waals surface area contributed by atoms with Gasteiger partial charge in [0.1, 0.15) is 0 Å². The van der Waals surface area contributed by atoms with E-state index >= 15 is 0 Å². The first-order chi connectivity index (χ1) is 12.3. The Labute approximate surface area is 157 Å². The van der Waals surface area contributed by atoms with Gasteiger partial charge in [0, 0.05) is 31.9 Å². The minimum Gasteiger partial charge on any atom is -0.352 e. The predicted octanol–water partition coefficient (Wildman–Crippen LogP) is 3.66. The summed E-state index contributed by atoms with van der Waals surface area (Å²) >= 11 is 0. The van der Waals surface area contributed by atoms with Crippen molar-refractivity contribution in [3.63, 3.8) is 0 Å². The van der Waals surface area contributed by atoms with Crippen LogP contribution in [0.4, 0.5) is 0 Å². The smallest absolute Gasteiger partial charge is 0.191 e. The Morgan fingerprint density at radius 2 is 1.81 bits per heavy atom. The van der Waals surface area contributed by atoms with Gasteiger partial charge in [-0.25, -0.2) is 0 Å². The largest absolute Gasteiger partial charge is 0.352 e. The lowest BCUT2D eigenvalue weighted by Gasteiger charge is -2.19. The van der Waals surface area contributed by atoms with Crippen molar-refractivity contribution in [2.24, 2.45) is 18.0 Å². The maximum absolute atomic E-state index is 4.47. The molecule has 1 aromatic carbocycles. The van der Waals surface area contributed by atoms with Gasteiger partial charge < -0.3 is 10.6 Å². The van der Waals surface area contributed by atoms with Crippen LogP contribution in [0.2, 0.25) is 0 Å². The molecular weight excluding hydrogens is 322 g/mol. The van der Waals surface area contributed by atoms with Crippen molar-refractivity contribution in [3.8, 4) is 0 Å². The highest BCUT2D eigenvalue weighted by atomic mass is 15.3. The van der Waals surface area contributed by atoms with Crippen LogP contribution < -0.4 is 10.6 Å². The lowest BCUT2D eigenvalue weighted by molar-refractivity contribution is 0.645. The van der Waals surface area contributed by atoms with Crippen LogP contribution in [0.5, 0.6) is 0 Å². The number of benzene rings is 1. The zero-order valence-electron chi connectivity index (χ0n) is 17.2. The minimum atomic E-state index is 0.186. The topological polar surface area (TPSA) is 54.2 Å². The number of hydrogen-bond donors (Lipinski definition) is 2. The molecule has 26 heavy (non-hydrogen) atoms. The fourth-order valence-electron chi connectivity index (χ4n) is 3.14. The maximum Gasteiger partial charge on any atom is 0.191 e. The van der Waals surface area contributed by atoms with Gasteiger partial charge in [-0.15, -0.1) is 0 Å². The van der Waals surface area contributed by atoms with Crippen LogP contribution in [0.3, 0.4) is 0 Å². The molecule has 0 spiro atoms. The highest BCUT2D eigenvalue weighted by molar-refractivity contribution is 5.80. The molecule has 1 heterocycles. The summed E-state index contributed by atoms with van der Waals surface area (Å²) in [6, 6.07) is 9.05. The van der Waals surface area contributed by atoms with Crippen LogP contribution in [0.25, 0.3) is 0 Å². The molecular formula is C21H33N5. The van der Waals surface area contributed by atoms with Gasteiger partial charge in [0.05, 0.1) is 11.7 Å². The van der Waals surface area contributed by atoms with Crippen molar-refractivity contribution in [2.75, 3.05) is 7.05 Å². The Morgan fingerprint density at radius 1 is 1.15 bits per heavy atom. The van der Waals surface area contributed by atoms with Crippen molar-refractivity contribution in [1.82, 2.24) is 20.4 Å². The minimum absolute atomic E-state index is 0.186. The molecule has 0 saturated carbocycles. The quantitative estimate of drug-likeness (QED) is 0.614. The van der Waals surface area contributed by atoms with E-state index in [1.165, 1.54) is 22.4 Å². The molecule has 142 valence electrons. The van der Waals surface area contributed by atoms with E-state index < -0.39 is 0 Å². The second-order valence-corrected chi connectivity index (χ2v) is 7.40. The first-order valence-electron chi connectivity index (χ1n) is 9.36. The summed E-state index contributed by atoms with van der Waals surface area (Å²) in [5.41, 5.74) is 6.11. The molecule has 2 rings (SSSR count). The number of aryl methyl sites for hydroxylation is 2. The van der Waals surface area contributed by atoms with Crippen LogP contribution in [0.15, 0.2) is 29.3 Å². The summed E-state index contributed by atoms with van der Waals surface area (Å²) in [5, 5.41) is 11.3. The van der Waals surface area contributed by atoms with Crippen molar-refractivity contribution in [1.29, 1.82) is 0 Å². The molecule has 0 radical (unpaired) electrons. The number of nitrogens with zero attached hydrogens (tertiary/aromatic N) is 3. The first-order valence-corrected chi connectivity index (χ1v) is 9.36. The monoisotopic (exact) mass is 355 g/mol. The van der Waals surface area contributed by atoms with E-state index in [0.717, 1.165) is 18.1 Å². The molecule has 0 amide bonds. The van der Waals surface area contributed by atoms with Gasteiger partial charge in [-0.2, -0.15) is 5.10 Å². The molecule has 1 unspecified atom stereocenters. The second-order valence-electron chi connectivity index (χ2n) is 7.40. The van der Waals surface area contributed by atoms with Crippen molar-refractivity contribution < 1.29 is 0 Å². The van der Waals surface area contributed by atoms with Gasteiger partial charge in [-0.1, -0.05) is 38.1 Å². The van der Waals surface area contributed by atoms with Crippen molar-refractivity contribution >= 4 is 5.96 Å². The SMILES string of the molecule is CN=C(NCc1c(C)nn(C)c1C)NC(C)c1ccc(CC(C)C)cc1. The Morgan fingerprint density at radius 3 is 2.31 bits per heavy atom. The zero-order valence-corrected chi connectivity index (χ0v) is 17.2. The molecule has 2 N–H and O–H groups in total.